The third-order valence-electron chi connectivity index (χ3n) is 4.06. The van der Waals surface area contributed by atoms with Crippen LogP contribution in [0.5, 0.6) is 0 Å². The summed E-state index contributed by atoms with van der Waals surface area (Å²) in [6.45, 7) is 0.632. The second kappa shape index (κ2) is 5.27. The van der Waals surface area contributed by atoms with Crippen LogP contribution in [0.15, 0.2) is 24.3 Å². The van der Waals surface area contributed by atoms with Crippen LogP contribution >= 0.6 is 0 Å². The normalized spacial score (nSPS) is 16.3. The van der Waals surface area contributed by atoms with Gasteiger partial charge in [0.15, 0.2) is 0 Å². The average molecular weight is 255 g/mol. The molecule has 19 heavy (non-hydrogen) atoms. The van der Waals surface area contributed by atoms with Crippen molar-refractivity contribution < 1.29 is 0 Å². The first-order chi connectivity index (χ1) is 9.31. The third kappa shape index (κ3) is 2.24. The van der Waals surface area contributed by atoms with Crippen molar-refractivity contribution in [3.05, 3.63) is 41.1 Å². The number of aryl methyl sites for hydroxylation is 1. The van der Waals surface area contributed by atoms with Crippen molar-refractivity contribution in [1.29, 1.82) is 0 Å². The van der Waals surface area contributed by atoms with Crippen molar-refractivity contribution in [2.75, 3.05) is 6.54 Å². The fourth-order valence-electron chi connectivity index (χ4n) is 3.16. The summed E-state index contributed by atoms with van der Waals surface area (Å²) in [5.41, 5.74) is 17.1. The minimum Gasteiger partial charge on any atom is -0.330 e. The summed E-state index contributed by atoms with van der Waals surface area (Å²) in [4.78, 5) is 4.83. The zero-order chi connectivity index (χ0) is 13.2. The van der Waals surface area contributed by atoms with Gasteiger partial charge in [0.05, 0.1) is 5.52 Å². The second-order valence-corrected chi connectivity index (χ2v) is 5.36. The van der Waals surface area contributed by atoms with Crippen LogP contribution in [0.1, 0.15) is 42.1 Å². The van der Waals surface area contributed by atoms with Gasteiger partial charge in [0.2, 0.25) is 0 Å². The van der Waals surface area contributed by atoms with Gasteiger partial charge in [-0.2, -0.15) is 0 Å². The number of rotatable bonds is 3. The number of para-hydroxylation sites is 1. The Morgan fingerprint density at radius 1 is 1.16 bits per heavy atom. The molecule has 0 radical (unpaired) electrons. The van der Waals surface area contributed by atoms with Gasteiger partial charge in [-0.3, -0.25) is 4.98 Å². The lowest BCUT2D eigenvalue weighted by molar-refractivity contribution is 0.623. The number of benzene rings is 1. The summed E-state index contributed by atoms with van der Waals surface area (Å²) < 4.78 is 0. The van der Waals surface area contributed by atoms with E-state index in [2.05, 4.69) is 18.2 Å². The molecule has 0 fully saturated rings. The van der Waals surface area contributed by atoms with E-state index in [4.69, 9.17) is 16.5 Å². The molecule has 0 saturated carbocycles. The number of aromatic nitrogens is 1. The molecule has 3 heteroatoms. The first-order valence-corrected chi connectivity index (χ1v) is 7.17. The summed E-state index contributed by atoms with van der Waals surface area (Å²) >= 11 is 0. The molecule has 1 aromatic carbocycles. The Morgan fingerprint density at radius 2 is 1.95 bits per heavy atom. The van der Waals surface area contributed by atoms with Gasteiger partial charge in [0.25, 0.3) is 0 Å². The Bertz CT molecular complexity index is 592. The van der Waals surface area contributed by atoms with E-state index >= 15 is 0 Å². The Kier molecular flexibility index (Phi) is 3.49. The Morgan fingerprint density at radius 3 is 2.79 bits per heavy atom. The van der Waals surface area contributed by atoms with E-state index in [1.54, 1.807) is 0 Å². The van der Waals surface area contributed by atoms with E-state index in [-0.39, 0.29) is 6.04 Å². The predicted molar refractivity (Wildman–Crippen MR) is 79.0 cm³/mol. The predicted octanol–water partition coefficient (Wildman–Crippen LogP) is 2.46. The van der Waals surface area contributed by atoms with Crippen molar-refractivity contribution in [2.24, 2.45) is 11.5 Å². The van der Waals surface area contributed by atoms with E-state index in [0.29, 0.717) is 6.54 Å². The van der Waals surface area contributed by atoms with Crippen LogP contribution < -0.4 is 11.5 Å². The van der Waals surface area contributed by atoms with Crippen LogP contribution in [0, 0.1) is 0 Å². The third-order valence-corrected chi connectivity index (χ3v) is 4.06. The molecular weight excluding hydrogens is 234 g/mol. The van der Waals surface area contributed by atoms with Crippen LogP contribution in [0.4, 0.5) is 0 Å². The number of fused-ring (bicyclic) bond motifs is 2. The summed E-state index contributed by atoms with van der Waals surface area (Å²) in [7, 11) is 0. The van der Waals surface area contributed by atoms with Crippen LogP contribution in [0.2, 0.25) is 0 Å². The largest absolute Gasteiger partial charge is 0.330 e. The molecule has 0 saturated heterocycles. The van der Waals surface area contributed by atoms with Crippen molar-refractivity contribution >= 4 is 10.9 Å². The lowest BCUT2D eigenvalue weighted by atomic mass is 9.86. The van der Waals surface area contributed by atoms with Gasteiger partial charge in [0.1, 0.15) is 0 Å². The number of pyridine rings is 1. The molecule has 0 bridgehead atoms. The zero-order valence-corrected chi connectivity index (χ0v) is 11.2. The monoisotopic (exact) mass is 255 g/mol. The lowest BCUT2D eigenvalue weighted by Crippen LogP contribution is -2.20. The maximum atomic E-state index is 6.39. The summed E-state index contributed by atoms with van der Waals surface area (Å²) in [5.74, 6) is 0. The smallest absolute Gasteiger partial charge is 0.0708 e. The topological polar surface area (TPSA) is 64.9 Å². The van der Waals surface area contributed by atoms with Crippen molar-refractivity contribution in [1.82, 2.24) is 4.98 Å². The number of hydrogen-bond acceptors (Lipinski definition) is 3. The molecule has 1 heterocycles. The van der Waals surface area contributed by atoms with E-state index in [1.807, 2.05) is 6.07 Å². The van der Waals surface area contributed by atoms with Crippen LogP contribution in [0.25, 0.3) is 10.9 Å². The molecule has 1 atom stereocenters. The Balaban J connectivity index is 2.24. The fraction of sp³-hybridized carbons (Fsp3) is 0.438. The highest BCUT2D eigenvalue weighted by Gasteiger charge is 2.21. The molecule has 2 aromatic rings. The maximum Gasteiger partial charge on any atom is 0.0708 e. The number of hydrogen-bond donors (Lipinski definition) is 2. The van der Waals surface area contributed by atoms with E-state index in [0.717, 1.165) is 24.8 Å². The first kappa shape index (κ1) is 12.6. The van der Waals surface area contributed by atoms with Crippen LogP contribution in [-0.4, -0.2) is 11.5 Å². The summed E-state index contributed by atoms with van der Waals surface area (Å²) in [5, 5.41) is 1.21. The zero-order valence-electron chi connectivity index (χ0n) is 11.2. The molecule has 0 amide bonds. The molecule has 1 aliphatic rings. The highest BCUT2D eigenvalue weighted by molar-refractivity contribution is 5.84. The summed E-state index contributed by atoms with van der Waals surface area (Å²) in [6, 6.07) is 8.37. The van der Waals surface area contributed by atoms with E-state index < -0.39 is 0 Å². The van der Waals surface area contributed by atoms with E-state index in [9.17, 15) is 0 Å². The lowest BCUT2D eigenvalue weighted by Gasteiger charge is -2.24. The standard InChI is InChI=1S/C16H21N3/c17-10-9-13(18)16-11-5-1-3-7-14(11)19-15-8-4-2-6-12(15)16/h1,3,5,7,13H,2,4,6,8-10,17-18H2. The van der Waals surface area contributed by atoms with Crippen molar-refractivity contribution in [3.63, 3.8) is 0 Å². The molecular formula is C16H21N3. The van der Waals surface area contributed by atoms with Crippen molar-refractivity contribution in [3.8, 4) is 0 Å². The quantitative estimate of drug-likeness (QED) is 0.885. The fourth-order valence-corrected chi connectivity index (χ4v) is 3.16. The molecule has 1 aliphatic carbocycles. The second-order valence-electron chi connectivity index (χ2n) is 5.36. The highest BCUT2D eigenvalue weighted by Crippen LogP contribution is 2.33. The van der Waals surface area contributed by atoms with Gasteiger partial charge in [-0.15, -0.1) is 0 Å². The number of nitrogens with two attached hydrogens (primary N) is 2. The molecule has 100 valence electrons. The molecule has 4 N–H and O–H groups in total. The molecule has 0 spiro atoms. The van der Waals surface area contributed by atoms with Gasteiger partial charge < -0.3 is 11.5 Å². The Labute approximate surface area is 114 Å². The molecule has 0 aliphatic heterocycles. The molecule has 3 rings (SSSR count). The highest BCUT2D eigenvalue weighted by atomic mass is 14.7. The van der Waals surface area contributed by atoms with Crippen LogP contribution in [0.3, 0.4) is 0 Å². The van der Waals surface area contributed by atoms with E-state index in [1.165, 1.54) is 35.0 Å². The van der Waals surface area contributed by atoms with Crippen molar-refractivity contribution in [2.45, 2.75) is 38.1 Å². The molecule has 1 unspecified atom stereocenters. The van der Waals surface area contributed by atoms with Crippen LogP contribution in [-0.2, 0) is 12.8 Å². The first-order valence-electron chi connectivity index (χ1n) is 7.17. The SMILES string of the molecule is NCCC(N)c1c2c(nc3ccccc13)CCCC2. The average Bonchev–Trinajstić information content (AvgIpc) is 2.44. The number of nitrogens with zero attached hydrogens (tertiary/aromatic N) is 1. The Hall–Kier alpha value is -1.45. The molecule has 3 nitrogen and oxygen atoms in total. The molecule has 1 aromatic heterocycles. The van der Waals surface area contributed by atoms with Gasteiger partial charge in [-0.05, 0) is 55.8 Å². The minimum atomic E-state index is 0.0322. The maximum absolute atomic E-state index is 6.39. The van der Waals surface area contributed by atoms with Gasteiger partial charge in [-0.1, -0.05) is 18.2 Å². The van der Waals surface area contributed by atoms with Gasteiger partial charge >= 0.3 is 0 Å². The minimum absolute atomic E-state index is 0.0322. The summed E-state index contributed by atoms with van der Waals surface area (Å²) in [6.07, 6.45) is 5.52. The van der Waals surface area contributed by atoms with Gasteiger partial charge in [0, 0.05) is 17.1 Å². The van der Waals surface area contributed by atoms with Gasteiger partial charge in [-0.25, -0.2) is 0 Å².